The monoisotopic (exact) mass is 350 g/mol. The van der Waals surface area contributed by atoms with Gasteiger partial charge >= 0.3 is 12.0 Å². The van der Waals surface area contributed by atoms with Gasteiger partial charge in [0, 0.05) is 10.6 Å². The van der Waals surface area contributed by atoms with Gasteiger partial charge in [0.2, 0.25) is 0 Å². The third-order valence-corrected chi connectivity index (χ3v) is 4.99. The van der Waals surface area contributed by atoms with Gasteiger partial charge in [-0.05, 0) is 25.8 Å². The SMILES string of the molecule is C[C@@H](OC(=O)CN1C(=O)NC2(CCCC2)C1=O)c1ccccc1Cl. The quantitative estimate of drug-likeness (QED) is 0.669. The highest BCUT2D eigenvalue weighted by molar-refractivity contribution is 6.31. The Hall–Kier alpha value is -2.08. The van der Waals surface area contributed by atoms with E-state index in [1.807, 2.05) is 0 Å². The number of carbonyl (C=O) groups is 3. The van der Waals surface area contributed by atoms with Crippen LogP contribution in [-0.2, 0) is 14.3 Å². The van der Waals surface area contributed by atoms with E-state index in [9.17, 15) is 14.4 Å². The maximum Gasteiger partial charge on any atom is 0.326 e. The van der Waals surface area contributed by atoms with Crippen LogP contribution in [0, 0.1) is 0 Å². The standard InChI is InChI=1S/C17H19ClN2O4/c1-11(12-6-2-3-7-13(12)18)24-14(21)10-20-15(22)17(19-16(20)23)8-4-5-9-17/h2-3,6-7,11H,4-5,8-10H2,1H3,(H,19,23)/t11-/m1/s1. The van der Waals surface area contributed by atoms with Crippen molar-refractivity contribution in [1.29, 1.82) is 0 Å². The molecule has 1 atom stereocenters. The van der Waals surface area contributed by atoms with Crippen molar-refractivity contribution in [3.8, 4) is 0 Å². The summed E-state index contributed by atoms with van der Waals surface area (Å²) in [5.41, 5.74) is -0.136. The van der Waals surface area contributed by atoms with Crippen LogP contribution in [0.15, 0.2) is 24.3 Å². The average molecular weight is 351 g/mol. The van der Waals surface area contributed by atoms with Gasteiger partial charge in [-0.15, -0.1) is 0 Å². The lowest BCUT2D eigenvalue weighted by Gasteiger charge is -2.20. The molecule has 0 unspecified atom stereocenters. The van der Waals surface area contributed by atoms with E-state index in [2.05, 4.69) is 5.32 Å². The Morgan fingerprint density at radius 1 is 1.33 bits per heavy atom. The number of urea groups is 1. The molecule has 6 nitrogen and oxygen atoms in total. The van der Waals surface area contributed by atoms with E-state index >= 15 is 0 Å². The Bertz CT molecular complexity index is 685. The minimum atomic E-state index is -0.814. The van der Waals surface area contributed by atoms with Crippen molar-refractivity contribution in [3.05, 3.63) is 34.9 Å². The van der Waals surface area contributed by atoms with Crippen molar-refractivity contribution in [2.45, 2.75) is 44.2 Å². The summed E-state index contributed by atoms with van der Waals surface area (Å²) in [6.45, 7) is 1.31. The van der Waals surface area contributed by atoms with Gasteiger partial charge in [0.1, 0.15) is 18.2 Å². The summed E-state index contributed by atoms with van der Waals surface area (Å²) in [7, 11) is 0. The average Bonchev–Trinajstić information content (AvgIpc) is 3.09. The number of imide groups is 1. The minimum Gasteiger partial charge on any atom is -0.456 e. The second-order valence-electron chi connectivity index (χ2n) is 6.26. The molecule has 3 rings (SSSR count). The van der Waals surface area contributed by atoms with E-state index in [4.69, 9.17) is 16.3 Å². The summed E-state index contributed by atoms with van der Waals surface area (Å²) in [4.78, 5) is 37.7. The first-order valence-electron chi connectivity index (χ1n) is 8.01. The Balaban J connectivity index is 1.64. The zero-order valence-electron chi connectivity index (χ0n) is 13.4. The molecule has 1 saturated carbocycles. The Morgan fingerprint density at radius 2 is 2.00 bits per heavy atom. The van der Waals surface area contributed by atoms with Crippen molar-refractivity contribution in [3.63, 3.8) is 0 Å². The van der Waals surface area contributed by atoms with Gasteiger partial charge in [-0.2, -0.15) is 0 Å². The molecule has 1 aliphatic heterocycles. The lowest BCUT2D eigenvalue weighted by Crippen LogP contribution is -2.44. The summed E-state index contributed by atoms with van der Waals surface area (Å²) in [6, 6.07) is 6.54. The molecule has 1 N–H and O–H groups in total. The van der Waals surface area contributed by atoms with Crippen molar-refractivity contribution < 1.29 is 19.1 Å². The zero-order chi connectivity index (χ0) is 17.3. The maximum atomic E-state index is 12.5. The number of nitrogens with zero attached hydrogens (tertiary/aromatic N) is 1. The van der Waals surface area contributed by atoms with E-state index in [0.717, 1.165) is 17.7 Å². The molecule has 2 fully saturated rings. The van der Waals surface area contributed by atoms with Gasteiger partial charge < -0.3 is 10.1 Å². The fourth-order valence-corrected chi connectivity index (χ4v) is 3.66. The Labute approximate surface area is 145 Å². The van der Waals surface area contributed by atoms with E-state index in [1.54, 1.807) is 31.2 Å². The lowest BCUT2D eigenvalue weighted by atomic mass is 9.98. The number of halogens is 1. The molecule has 1 aliphatic carbocycles. The minimum absolute atomic E-state index is 0.327. The van der Waals surface area contributed by atoms with Gasteiger partial charge in [0.05, 0.1) is 0 Å². The van der Waals surface area contributed by atoms with Crippen molar-refractivity contribution in [1.82, 2.24) is 10.2 Å². The van der Waals surface area contributed by atoms with Crippen molar-refractivity contribution in [2.24, 2.45) is 0 Å². The van der Waals surface area contributed by atoms with Gasteiger partial charge in [-0.3, -0.25) is 14.5 Å². The van der Waals surface area contributed by atoms with Crippen LogP contribution >= 0.6 is 11.6 Å². The number of rotatable bonds is 4. The largest absolute Gasteiger partial charge is 0.456 e. The molecule has 1 heterocycles. The third kappa shape index (κ3) is 2.98. The number of nitrogens with one attached hydrogen (secondary N) is 1. The van der Waals surface area contributed by atoms with Crippen LogP contribution in [0.2, 0.25) is 5.02 Å². The molecular formula is C17H19ClN2O4. The molecule has 3 amide bonds. The molecule has 1 saturated heterocycles. The highest BCUT2D eigenvalue weighted by atomic mass is 35.5. The van der Waals surface area contributed by atoms with Gasteiger partial charge in [-0.25, -0.2) is 4.79 Å². The third-order valence-electron chi connectivity index (χ3n) is 4.64. The van der Waals surface area contributed by atoms with Crippen LogP contribution in [0.5, 0.6) is 0 Å². The van der Waals surface area contributed by atoms with Crippen LogP contribution in [0.25, 0.3) is 0 Å². The summed E-state index contributed by atoms with van der Waals surface area (Å²) < 4.78 is 5.33. The molecular weight excluding hydrogens is 332 g/mol. The molecule has 24 heavy (non-hydrogen) atoms. The van der Waals surface area contributed by atoms with E-state index < -0.39 is 23.6 Å². The Kier molecular flexibility index (Phi) is 4.49. The van der Waals surface area contributed by atoms with Crippen LogP contribution in [0.3, 0.4) is 0 Å². The number of hydrogen-bond donors (Lipinski definition) is 1. The first kappa shape index (κ1) is 16.8. The summed E-state index contributed by atoms with van der Waals surface area (Å²) >= 11 is 6.08. The van der Waals surface area contributed by atoms with Gasteiger partial charge in [0.15, 0.2) is 0 Å². The fraction of sp³-hybridized carbons (Fsp3) is 0.471. The number of carbonyl (C=O) groups excluding carboxylic acids is 3. The summed E-state index contributed by atoms with van der Waals surface area (Å²) in [6.07, 6.45) is 2.48. The maximum absolute atomic E-state index is 12.5. The predicted molar refractivity (Wildman–Crippen MR) is 87.4 cm³/mol. The normalized spacial score (nSPS) is 20.3. The van der Waals surface area contributed by atoms with Crippen LogP contribution in [-0.4, -0.2) is 34.9 Å². The number of amides is 3. The number of benzene rings is 1. The molecule has 1 aromatic rings. The van der Waals surface area contributed by atoms with E-state index in [-0.39, 0.29) is 12.5 Å². The molecule has 128 valence electrons. The van der Waals surface area contributed by atoms with Gasteiger partial charge in [0.25, 0.3) is 5.91 Å². The first-order chi connectivity index (χ1) is 11.4. The molecule has 0 radical (unpaired) electrons. The van der Waals surface area contributed by atoms with Crippen LogP contribution in [0.1, 0.15) is 44.3 Å². The molecule has 0 aromatic heterocycles. The smallest absolute Gasteiger partial charge is 0.326 e. The van der Waals surface area contributed by atoms with Crippen molar-refractivity contribution in [2.75, 3.05) is 6.54 Å². The molecule has 2 aliphatic rings. The van der Waals surface area contributed by atoms with Crippen LogP contribution < -0.4 is 5.32 Å². The second-order valence-corrected chi connectivity index (χ2v) is 6.67. The number of ether oxygens (including phenoxy) is 1. The van der Waals surface area contributed by atoms with E-state index in [0.29, 0.717) is 23.4 Å². The highest BCUT2D eigenvalue weighted by Crippen LogP contribution is 2.35. The first-order valence-corrected chi connectivity index (χ1v) is 8.39. The van der Waals surface area contributed by atoms with Gasteiger partial charge in [-0.1, -0.05) is 42.6 Å². The number of hydrogen-bond acceptors (Lipinski definition) is 4. The van der Waals surface area contributed by atoms with E-state index in [1.165, 1.54) is 0 Å². The lowest BCUT2D eigenvalue weighted by molar-refractivity contribution is -0.152. The molecule has 0 bridgehead atoms. The predicted octanol–water partition coefficient (Wildman–Crippen LogP) is 2.81. The summed E-state index contributed by atoms with van der Waals surface area (Å²) in [5, 5.41) is 3.24. The van der Waals surface area contributed by atoms with Crippen molar-refractivity contribution >= 4 is 29.5 Å². The number of esters is 1. The Morgan fingerprint density at radius 3 is 2.67 bits per heavy atom. The highest BCUT2D eigenvalue weighted by Gasteiger charge is 2.52. The molecule has 1 aromatic carbocycles. The second kappa shape index (κ2) is 6.43. The zero-order valence-corrected chi connectivity index (χ0v) is 14.1. The fourth-order valence-electron chi connectivity index (χ4n) is 3.37. The van der Waals surface area contributed by atoms with Crippen LogP contribution in [0.4, 0.5) is 4.79 Å². The molecule has 7 heteroatoms. The topological polar surface area (TPSA) is 75.7 Å². The molecule has 1 spiro atoms. The summed E-state index contributed by atoms with van der Waals surface area (Å²) in [5.74, 6) is -0.965.